The molecular weight excluding hydrogens is 248 g/mol. The molecule has 0 bridgehead atoms. The van der Waals surface area contributed by atoms with E-state index in [1.807, 2.05) is 13.0 Å². The van der Waals surface area contributed by atoms with Crippen molar-refractivity contribution in [2.45, 2.75) is 13.0 Å². The molecule has 0 saturated carbocycles. The van der Waals surface area contributed by atoms with Crippen LogP contribution >= 0.6 is 0 Å². The van der Waals surface area contributed by atoms with Crippen LogP contribution in [0.3, 0.4) is 0 Å². The molecule has 0 atom stereocenters. The van der Waals surface area contributed by atoms with Gasteiger partial charge >= 0.3 is 5.97 Å². The number of rotatable bonds is 3. The Morgan fingerprint density at radius 1 is 1.42 bits per heavy atom. The predicted octanol–water partition coefficient (Wildman–Crippen LogP) is 0.136. The molecule has 8 heteroatoms. The molecule has 0 amide bonds. The van der Waals surface area contributed by atoms with Crippen LogP contribution in [0.25, 0.3) is 0 Å². The largest absolute Gasteiger partial charge is 0.476 e. The van der Waals surface area contributed by atoms with Crippen molar-refractivity contribution in [2.24, 2.45) is 0 Å². The van der Waals surface area contributed by atoms with Crippen molar-refractivity contribution < 1.29 is 9.90 Å². The summed E-state index contributed by atoms with van der Waals surface area (Å²) >= 11 is 0. The normalized spacial score (nSPS) is 15.3. The monoisotopic (exact) mass is 260 g/mol. The first-order valence-corrected chi connectivity index (χ1v) is 5.82. The van der Waals surface area contributed by atoms with E-state index in [1.165, 1.54) is 12.5 Å². The maximum absolute atomic E-state index is 10.7. The second kappa shape index (κ2) is 4.30. The highest BCUT2D eigenvalue weighted by Crippen LogP contribution is 2.25. The third-order valence-electron chi connectivity index (χ3n) is 3.08. The average molecular weight is 260 g/mol. The van der Waals surface area contributed by atoms with Crippen molar-refractivity contribution in [3.8, 4) is 0 Å². The Hall–Kier alpha value is -2.51. The Bertz CT molecular complexity index is 619. The van der Waals surface area contributed by atoms with Gasteiger partial charge in [0.1, 0.15) is 12.1 Å². The lowest BCUT2D eigenvalue weighted by molar-refractivity contribution is 0.0690. The van der Waals surface area contributed by atoms with Gasteiger partial charge < -0.3 is 10.0 Å². The van der Waals surface area contributed by atoms with Gasteiger partial charge in [-0.3, -0.25) is 0 Å². The van der Waals surface area contributed by atoms with E-state index in [2.05, 4.69) is 25.2 Å². The lowest BCUT2D eigenvalue weighted by atomic mass is 10.1. The molecule has 0 aromatic carbocycles. The first-order chi connectivity index (χ1) is 9.13. The van der Waals surface area contributed by atoms with Gasteiger partial charge in [0.15, 0.2) is 5.69 Å². The number of hydrogen-bond acceptors (Lipinski definition) is 6. The number of hydrogen-bond donors (Lipinski definition) is 1. The minimum absolute atomic E-state index is 0.0312. The summed E-state index contributed by atoms with van der Waals surface area (Å²) in [7, 11) is 0. The van der Waals surface area contributed by atoms with E-state index >= 15 is 0 Å². The van der Waals surface area contributed by atoms with Gasteiger partial charge in [-0.05, 0) is 6.92 Å². The zero-order chi connectivity index (χ0) is 13.4. The molecule has 3 heterocycles. The van der Waals surface area contributed by atoms with Crippen molar-refractivity contribution >= 4 is 11.8 Å². The van der Waals surface area contributed by atoms with Gasteiger partial charge in [-0.25, -0.2) is 19.4 Å². The predicted molar refractivity (Wildman–Crippen MR) is 65.0 cm³/mol. The molecule has 1 aliphatic rings. The van der Waals surface area contributed by atoms with Crippen molar-refractivity contribution in [3.63, 3.8) is 0 Å². The number of aryl methyl sites for hydroxylation is 1. The van der Waals surface area contributed by atoms with Crippen LogP contribution in [0.2, 0.25) is 0 Å². The van der Waals surface area contributed by atoms with E-state index in [-0.39, 0.29) is 11.7 Å². The van der Waals surface area contributed by atoms with E-state index in [1.54, 1.807) is 4.68 Å². The smallest absolute Gasteiger partial charge is 0.358 e. The Morgan fingerprint density at radius 2 is 2.21 bits per heavy atom. The lowest BCUT2D eigenvalue weighted by Crippen LogP contribution is -2.48. The quantitative estimate of drug-likeness (QED) is 0.838. The topological polar surface area (TPSA) is 97.0 Å². The lowest BCUT2D eigenvalue weighted by Gasteiger charge is -2.39. The molecule has 2 aromatic heterocycles. The number of aromatic carboxylic acids is 1. The van der Waals surface area contributed by atoms with Gasteiger partial charge in [-0.2, -0.15) is 0 Å². The Balaban J connectivity index is 1.67. The van der Waals surface area contributed by atoms with Gasteiger partial charge in [0, 0.05) is 24.8 Å². The maximum atomic E-state index is 10.7. The van der Waals surface area contributed by atoms with Gasteiger partial charge in [0.05, 0.1) is 12.2 Å². The molecule has 1 N–H and O–H groups in total. The van der Waals surface area contributed by atoms with Crippen LogP contribution in [0.1, 0.15) is 22.2 Å². The van der Waals surface area contributed by atoms with Crippen molar-refractivity contribution in [3.05, 3.63) is 30.0 Å². The average Bonchev–Trinajstić information content (AvgIpc) is 2.76. The molecule has 8 nitrogen and oxygen atoms in total. The van der Waals surface area contributed by atoms with Crippen LogP contribution < -0.4 is 4.90 Å². The fourth-order valence-corrected chi connectivity index (χ4v) is 1.98. The molecular formula is C11H12N6O2. The first-order valence-electron chi connectivity index (χ1n) is 5.82. The van der Waals surface area contributed by atoms with E-state index in [4.69, 9.17) is 5.11 Å². The van der Waals surface area contributed by atoms with E-state index < -0.39 is 5.97 Å². The molecule has 2 aromatic rings. The summed E-state index contributed by atoms with van der Waals surface area (Å²) in [6.07, 6.45) is 2.99. The first kappa shape index (κ1) is 11.6. The molecule has 3 rings (SSSR count). The fraction of sp³-hybridized carbons (Fsp3) is 0.364. The maximum Gasteiger partial charge on any atom is 0.358 e. The Kier molecular flexibility index (Phi) is 2.62. The third-order valence-corrected chi connectivity index (χ3v) is 3.08. The number of aromatic nitrogens is 5. The number of nitrogens with zero attached hydrogens (tertiary/aromatic N) is 6. The van der Waals surface area contributed by atoms with Crippen LogP contribution in [0.5, 0.6) is 0 Å². The number of carboxylic acids is 1. The minimum atomic E-state index is -1.06. The highest BCUT2D eigenvalue weighted by Gasteiger charge is 2.30. The van der Waals surface area contributed by atoms with Crippen LogP contribution in [0.15, 0.2) is 18.6 Å². The molecule has 19 heavy (non-hydrogen) atoms. The zero-order valence-electron chi connectivity index (χ0n) is 10.3. The fourth-order valence-electron chi connectivity index (χ4n) is 1.98. The van der Waals surface area contributed by atoms with E-state index in [0.717, 1.165) is 24.6 Å². The molecule has 1 saturated heterocycles. The SMILES string of the molecule is Cc1cc(N2CC(n3cc(C(=O)O)nn3)C2)ncn1. The summed E-state index contributed by atoms with van der Waals surface area (Å²) in [5.41, 5.74) is 0.888. The van der Waals surface area contributed by atoms with E-state index in [9.17, 15) is 4.79 Å². The Morgan fingerprint density at radius 3 is 2.84 bits per heavy atom. The highest BCUT2D eigenvalue weighted by molar-refractivity contribution is 5.84. The molecule has 0 spiro atoms. The summed E-state index contributed by atoms with van der Waals surface area (Å²) < 4.78 is 1.59. The molecule has 0 unspecified atom stereocenters. The van der Waals surface area contributed by atoms with Crippen LogP contribution in [0, 0.1) is 6.92 Å². The summed E-state index contributed by atoms with van der Waals surface area (Å²) in [6, 6.07) is 2.05. The van der Waals surface area contributed by atoms with Crippen molar-refractivity contribution in [2.75, 3.05) is 18.0 Å². The zero-order valence-corrected chi connectivity index (χ0v) is 10.3. The van der Waals surface area contributed by atoms with Crippen molar-refractivity contribution in [1.82, 2.24) is 25.0 Å². The molecule has 1 aliphatic heterocycles. The summed E-state index contributed by atoms with van der Waals surface area (Å²) in [5, 5.41) is 16.2. The summed E-state index contributed by atoms with van der Waals surface area (Å²) in [5.74, 6) is -0.184. The number of anilines is 1. The Labute approximate surface area is 108 Å². The molecule has 1 fully saturated rings. The van der Waals surface area contributed by atoms with Gasteiger partial charge in [-0.15, -0.1) is 5.10 Å². The second-order valence-corrected chi connectivity index (χ2v) is 4.47. The van der Waals surface area contributed by atoms with Crippen molar-refractivity contribution in [1.29, 1.82) is 0 Å². The standard InChI is InChI=1S/C11H12N6O2/c1-7-2-10(13-6-12-7)16-3-8(4-16)17-5-9(11(18)19)14-15-17/h2,5-6,8H,3-4H2,1H3,(H,18,19). The van der Waals surface area contributed by atoms with Gasteiger partial charge in [-0.1, -0.05) is 5.21 Å². The van der Waals surface area contributed by atoms with Crippen LogP contribution in [-0.2, 0) is 0 Å². The van der Waals surface area contributed by atoms with Gasteiger partial charge in [0.25, 0.3) is 0 Å². The molecule has 0 radical (unpaired) electrons. The van der Waals surface area contributed by atoms with E-state index in [0.29, 0.717) is 0 Å². The molecule has 0 aliphatic carbocycles. The number of carboxylic acid groups (broad SMARTS) is 1. The van der Waals surface area contributed by atoms with Crippen LogP contribution in [-0.4, -0.2) is 49.1 Å². The highest BCUT2D eigenvalue weighted by atomic mass is 16.4. The third kappa shape index (κ3) is 2.12. The van der Waals surface area contributed by atoms with Crippen LogP contribution in [0.4, 0.5) is 5.82 Å². The summed E-state index contributed by atoms with van der Waals surface area (Å²) in [4.78, 5) is 21.1. The minimum Gasteiger partial charge on any atom is -0.476 e. The molecule has 98 valence electrons. The second-order valence-electron chi connectivity index (χ2n) is 4.47. The summed E-state index contributed by atoms with van der Waals surface area (Å²) in [6.45, 7) is 3.39. The van der Waals surface area contributed by atoms with Gasteiger partial charge in [0.2, 0.25) is 0 Å². The number of carbonyl (C=O) groups is 1.